The van der Waals surface area contributed by atoms with Crippen LogP contribution in [0.25, 0.3) is 0 Å². The topological polar surface area (TPSA) is 45.6 Å². The van der Waals surface area contributed by atoms with Crippen molar-refractivity contribution in [1.82, 2.24) is 9.80 Å². The first kappa shape index (κ1) is 14.1. The molecule has 4 nitrogen and oxygen atoms in total. The highest BCUT2D eigenvalue weighted by atomic mass is 16.3. The summed E-state index contributed by atoms with van der Waals surface area (Å²) in [5.74, 6) is 1.12. The highest BCUT2D eigenvalue weighted by molar-refractivity contribution is 5.06. The molecule has 0 spiro atoms. The highest BCUT2D eigenvalue weighted by Crippen LogP contribution is 2.30. The van der Waals surface area contributed by atoms with Crippen LogP contribution >= 0.6 is 0 Å². The number of nitrogens with two attached hydrogens (primary N) is 1. The minimum atomic E-state index is 0.426. The summed E-state index contributed by atoms with van der Waals surface area (Å²) in [7, 11) is 0. The fourth-order valence-electron chi connectivity index (χ4n) is 3.75. The number of rotatable bonds is 4. The van der Waals surface area contributed by atoms with Gasteiger partial charge in [-0.2, -0.15) is 0 Å². The van der Waals surface area contributed by atoms with Gasteiger partial charge < -0.3 is 10.2 Å². The fourth-order valence-corrected chi connectivity index (χ4v) is 3.75. The molecule has 2 aliphatic heterocycles. The van der Waals surface area contributed by atoms with Gasteiger partial charge in [0, 0.05) is 25.2 Å². The lowest BCUT2D eigenvalue weighted by atomic mass is 10.0. The molecule has 0 amide bonds. The summed E-state index contributed by atoms with van der Waals surface area (Å²) in [5.41, 5.74) is 6.01. The van der Waals surface area contributed by atoms with Crippen LogP contribution in [0.2, 0.25) is 0 Å². The molecule has 0 aromatic carbocycles. The van der Waals surface area contributed by atoms with Gasteiger partial charge >= 0.3 is 0 Å². The lowest BCUT2D eigenvalue weighted by Crippen LogP contribution is -2.46. The molecule has 3 rings (SSSR count). The Morgan fingerprint density at radius 2 is 2.10 bits per heavy atom. The molecule has 0 aliphatic carbocycles. The van der Waals surface area contributed by atoms with Crippen molar-refractivity contribution in [3.8, 4) is 0 Å². The third-order valence-corrected chi connectivity index (χ3v) is 4.98. The molecule has 2 aliphatic rings. The van der Waals surface area contributed by atoms with E-state index in [1.165, 1.54) is 32.6 Å². The molecule has 3 heterocycles. The van der Waals surface area contributed by atoms with Crippen LogP contribution in [0.3, 0.4) is 0 Å². The van der Waals surface area contributed by atoms with Gasteiger partial charge in [0.05, 0.1) is 12.3 Å². The van der Waals surface area contributed by atoms with Crippen molar-refractivity contribution in [2.75, 3.05) is 26.2 Å². The molecule has 2 atom stereocenters. The molecule has 112 valence electrons. The van der Waals surface area contributed by atoms with Gasteiger partial charge in [0.2, 0.25) is 0 Å². The van der Waals surface area contributed by atoms with Gasteiger partial charge in [-0.15, -0.1) is 0 Å². The Kier molecular flexibility index (Phi) is 4.44. The second kappa shape index (κ2) is 6.29. The maximum atomic E-state index is 6.01. The molecular weight excluding hydrogens is 250 g/mol. The van der Waals surface area contributed by atoms with Gasteiger partial charge in [0.15, 0.2) is 0 Å². The second-order valence-electron chi connectivity index (χ2n) is 6.25. The van der Waals surface area contributed by atoms with Crippen LogP contribution in [0.1, 0.15) is 44.4 Å². The van der Waals surface area contributed by atoms with E-state index in [0.717, 1.165) is 25.0 Å². The minimum absolute atomic E-state index is 0.426. The lowest BCUT2D eigenvalue weighted by molar-refractivity contribution is 0.138. The summed E-state index contributed by atoms with van der Waals surface area (Å²) in [5, 5.41) is 0. The number of furan rings is 1. The van der Waals surface area contributed by atoms with Crippen molar-refractivity contribution in [3.05, 3.63) is 24.2 Å². The summed E-state index contributed by atoms with van der Waals surface area (Å²) in [6.45, 7) is 6.97. The normalized spacial score (nSPS) is 28.0. The Hall–Kier alpha value is -0.840. The van der Waals surface area contributed by atoms with Gasteiger partial charge in [0.25, 0.3) is 0 Å². The van der Waals surface area contributed by atoms with E-state index in [9.17, 15) is 0 Å². The number of nitrogens with zero attached hydrogens (tertiary/aromatic N) is 2. The molecule has 2 N–H and O–H groups in total. The van der Waals surface area contributed by atoms with E-state index in [2.05, 4.69) is 22.8 Å². The van der Waals surface area contributed by atoms with Crippen LogP contribution in [0.15, 0.2) is 22.8 Å². The fraction of sp³-hybridized carbons (Fsp3) is 0.750. The number of piperidine rings is 1. The molecule has 2 fully saturated rings. The quantitative estimate of drug-likeness (QED) is 0.916. The maximum Gasteiger partial charge on any atom is 0.120 e. The Morgan fingerprint density at radius 1 is 1.30 bits per heavy atom. The van der Waals surface area contributed by atoms with Crippen LogP contribution in [0, 0.1) is 0 Å². The summed E-state index contributed by atoms with van der Waals surface area (Å²) < 4.78 is 5.62. The Morgan fingerprint density at radius 3 is 2.75 bits per heavy atom. The van der Waals surface area contributed by atoms with Crippen LogP contribution in [0.4, 0.5) is 0 Å². The Balaban J connectivity index is 1.58. The van der Waals surface area contributed by atoms with Crippen molar-refractivity contribution in [3.63, 3.8) is 0 Å². The number of likely N-dealkylation sites (tertiary alicyclic amines) is 2. The van der Waals surface area contributed by atoms with E-state index in [-0.39, 0.29) is 0 Å². The molecule has 0 bridgehead atoms. The van der Waals surface area contributed by atoms with Crippen molar-refractivity contribution >= 4 is 0 Å². The monoisotopic (exact) mass is 277 g/mol. The van der Waals surface area contributed by atoms with Crippen molar-refractivity contribution < 1.29 is 4.42 Å². The first-order valence-electron chi connectivity index (χ1n) is 8.05. The van der Waals surface area contributed by atoms with E-state index in [1.54, 1.807) is 6.26 Å². The zero-order valence-electron chi connectivity index (χ0n) is 12.5. The smallest absolute Gasteiger partial charge is 0.120 e. The largest absolute Gasteiger partial charge is 0.468 e. The van der Waals surface area contributed by atoms with Gasteiger partial charge in [-0.05, 0) is 50.9 Å². The number of hydrogen-bond acceptors (Lipinski definition) is 4. The lowest BCUT2D eigenvalue weighted by Gasteiger charge is -2.35. The first-order valence-corrected chi connectivity index (χ1v) is 8.05. The van der Waals surface area contributed by atoms with E-state index in [1.807, 2.05) is 6.07 Å². The van der Waals surface area contributed by atoms with Crippen molar-refractivity contribution in [2.24, 2.45) is 5.73 Å². The molecule has 2 unspecified atom stereocenters. The van der Waals surface area contributed by atoms with Gasteiger partial charge in [0.1, 0.15) is 5.76 Å². The average molecular weight is 277 g/mol. The zero-order chi connectivity index (χ0) is 13.9. The highest BCUT2D eigenvalue weighted by Gasteiger charge is 2.33. The summed E-state index contributed by atoms with van der Waals surface area (Å²) in [6, 6.07) is 5.70. The molecule has 0 saturated carbocycles. The Bertz CT molecular complexity index is 398. The summed E-state index contributed by atoms with van der Waals surface area (Å²) in [6.07, 6.45) is 6.51. The van der Waals surface area contributed by atoms with E-state index < -0.39 is 0 Å². The molecule has 1 aromatic rings. The third kappa shape index (κ3) is 2.92. The second-order valence-corrected chi connectivity index (χ2v) is 6.25. The van der Waals surface area contributed by atoms with Crippen LogP contribution in [0.5, 0.6) is 0 Å². The van der Waals surface area contributed by atoms with Gasteiger partial charge in [-0.25, -0.2) is 0 Å². The average Bonchev–Trinajstić information content (AvgIpc) is 3.12. The van der Waals surface area contributed by atoms with E-state index in [0.29, 0.717) is 18.1 Å². The SMILES string of the molecule is CCC(c1ccco1)N1CCC(N2CCC(N)CC2)C1. The molecule has 1 aromatic heterocycles. The molecule has 2 saturated heterocycles. The van der Waals surface area contributed by atoms with Gasteiger partial charge in [-0.3, -0.25) is 9.80 Å². The molecule has 0 radical (unpaired) electrons. The van der Waals surface area contributed by atoms with Gasteiger partial charge in [-0.1, -0.05) is 6.92 Å². The predicted octanol–water partition coefficient (Wildman–Crippen LogP) is 2.23. The van der Waals surface area contributed by atoms with Crippen LogP contribution in [-0.4, -0.2) is 48.1 Å². The van der Waals surface area contributed by atoms with E-state index >= 15 is 0 Å². The first-order chi connectivity index (χ1) is 9.78. The molecule has 20 heavy (non-hydrogen) atoms. The standard InChI is InChI=1S/C16H27N3O/c1-2-15(16-4-3-11-20-16)19-10-7-14(12-19)18-8-5-13(17)6-9-18/h3-4,11,13-15H,2,5-10,12,17H2,1H3. The maximum absolute atomic E-state index is 6.01. The van der Waals surface area contributed by atoms with Crippen LogP contribution in [-0.2, 0) is 0 Å². The summed E-state index contributed by atoms with van der Waals surface area (Å²) in [4.78, 5) is 5.25. The van der Waals surface area contributed by atoms with Crippen molar-refractivity contribution in [1.29, 1.82) is 0 Å². The number of hydrogen-bond donors (Lipinski definition) is 1. The Labute approximate surface area is 121 Å². The predicted molar refractivity (Wildman–Crippen MR) is 80.5 cm³/mol. The van der Waals surface area contributed by atoms with Crippen LogP contribution < -0.4 is 5.73 Å². The summed E-state index contributed by atoms with van der Waals surface area (Å²) >= 11 is 0. The zero-order valence-corrected chi connectivity index (χ0v) is 12.5. The van der Waals surface area contributed by atoms with Crippen molar-refractivity contribution in [2.45, 2.75) is 50.7 Å². The minimum Gasteiger partial charge on any atom is -0.468 e. The third-order valence-electron chi connectivity index (χ3n) is 4.98. The molecular formula is C16H27N3O. The van der Waals surface area contributed by atoms with E-state index in [4.69, 9.17) is 10.2 Å². The molecule has 4 heteroatoms.